The molecule has 0 aliphatic carbocycles. The van der Waals surface area contributed by atoms with Crippen LogP contribution in [0.1, 0.15) is 30.9 Å². The van der Waals surface area contributed by atoms with Crippen LogP contribution < -0.4 is 5.73 Å². The quantitative estimate of drug-likeness (QED) is 0.851. The summed E-state index contributed by atoms with van der Waals surface area (Å²) in [6.45, 7) is 0. The lowest BCUT2D eigenvalue weighted by Crippen LogP contribution is -2.11. The Morgan fingerprint density at radius 3 is 2.88 bits per heavy atom. The highest BCUT2D eigenvalue weighted by Crippen LogP contribution is 2.23. The monoisotopic (exact) mass is 303 g/mol. The second-order valence-corrected chi connectivity index (χ2v) is 4.60. The molecule has 5 heteroatoms. The minimum Gasteiger partial charge on any atom is -0.469 e. The number of hydrogen-bond donors (Lipinski definition) is 1. The second-order valence-electron chi connectivity index (χ2n) is 3.75. The summed E-state index contributed by atoms with van der Waals surface area (Å²) < 4.78 is 18.0. The molecule has 0 heterocycles. The van der Waals surface area contributed by atoms with Gasteiger partial charge in [0.05, 0.1) is 11.6 Å². The van der Waals surface area contributed by atoms with Crippen LogP contribution in [0.25, 0.3) is 0 Å². The predicted molar refractivity (Wildman–Crippen MR) is 66.9 cm³/mol. The largest absolute Gasteiger partial charge is 0.469 e. The minimum atomic E-state index is -0.310. The number of esters is 1. The molecule has 0 aliphatic rings. The maximum atomic E-state index is 13.0. The number of rotatable bonds is 5. The van der Waals surface area contributed by atoms with Gasteiger partial charge >= 0.3 is 5.97 Å². The molecule has 0 saturated heterocycles. The molecule has 0 fully saturated rings. The number of nitrogens with two attached hydrogens (primary N) is 1. The normalized spacial score (nSPS) is 12.2. The predicted octanol–water partition coefficient (Wildman–Crippen LogP) is 2.93. The minimum absolute atomic E-state index is 0.198. The number of benzene rings is 1. The van der Waals surface area contributed by atoms with E-state index in [9.17, 15) is 9.18 Å². The van der Waals surface area contributed by atoms with Crippen LogP contribution in [0.3, 0.4) is 0 Å². The van der Waals surface area contributed by atoms with Crippen molar-refractivity contribution in [1.82, 2.24) is 0 Å². The Labute approximate surface area is 108 Å². The zero-order chi connectivity index (χ0) is 12.8. The van der Waals surface area contributed by atoms with Crippen molar-refractivity contribution >= 4 is 21.9 Å². The average molecular weight is 304 g/mol. The molecular formula is C12H15BrFNO2. The summed E-state index contributed by atoms with van der Waals surface area (Å²) in [5.74, 6) is -0.548. The summed E-state index contributed by atoms with van der Waals surface area (Å²) in [5.41, 5.74) is 6.80. The first kappa shape index (κ1) is 14.1. The van der Waals surface area contributed by atoms with Crippen LogP contribution in [0.4, 0.5) is 4.39 Å². The molecule has 94 valence electrons. The van der Waals surface area contributed by atoms with Gasteiger partial charge in [0, 0.05) is 12.5 Å². The van der Waals surface area contributed by atoms with Crippen LogP contribution in [0.5, 0.6) is 0 Å². The van der Waals surface area contributed by atoms with Crippen molar-refractivity contribution in [2.45, 2.75) is 25.3 Å². The molecule has 3 nitrogen and oxygen atoms in total. The first-order valence-electron chi connectivity index (χ1n) is 5.32. The molecule has 1 aromatic carbocycles. The summed E-state index contributed by atoms with van der Waals surface area (Å²) in [4.78, 5) is 10.9. The lowest BCUT2D eigenvalue weighted by atomic mass is 10.0. The topological polar surface area (TPSA) is 52.3 Å². The van der Waals surface area contributed by atoms with Gasteiger partial charge in [0.1, 0.15) is 5.82 Å². The number of carbonyl (C=O) groups is 1. The van der Waals surface area contributed by atoms with Crippen LogP contribution in [-0.2, 0) is 9.53 Å². The van der Waals surface area contributed by atoms with Crippen molar-refractivity contribution in [3.05, 3.63) is 34.1 Å². The summed E-state index contributed by atoms with van der Waals surface area (Å²) in [6.07, 6.45) is 1.67. The summed E-state index contributed by atoms with van der Waals surface area (Å²) in [7, 11) is 1.36. The van der Waals surface area contributed by atoms with E-state index in [4.69, 9.17) is 5.73 Å². The van der Waals surface area contributed by atoms with Gasteiger partial charge < -0.3 is 10.5 Å². The van der Waals surface area contributed by atoms with Crippen molar-refractivity contribution in [3.8, 4) is 0 Å². The molecule has 1 rings (SSSR count). The Morgan fingerprint density at radius 2 is 2.29 bits per heavy atom. The molecule has 0 aliphatic heterocycles. The van der Waals surface area contributed by atoms with E-state index in [1.807, 2.05) is 0 Å². The Balaban J connectivity index is 2.49. The maximum Gasteiger partial charge on any atom is 0.305 e. The highest BCUT2D eigenvalue weighted by atomic mass is 79.9. The van der Waals surface area contributed by atoms with Gasteiger partial charge in [-0.05, 0) is 46.5 Å². The third kappa shape index (κ3) is 4.44. The summed E-state index contributed by atoms with van der Waals surface area (Å²) in [5, 5.41) is 0. The molecule has 1 unspecified atom stereocenters. The highest BCUT2D eigenvalue weighted by Gasteiger charge is 2.09. The molecule has 0 spiro atoms. The Hall–Kier alpha value is -0.940. The van der Waals surface area contributed by atoms with Crippen molar-refractivity contribution in [3.63, 3.8) is 0 Å². The van der Waals surface area contributed by atoms with Gasteiger partial charge in [-0.2, -0.15) is 0 Å². The molecule has 0 radical (unpaired) electrons. The Kier molecular flexibility index (Phi) is 5.58. The molecule has 0 bridgehead atoms. The van der Waals surface area contributed by atoms with E-state index in [0.29, 0.717) is 23.7 Å². The first-order valence-corrected chi connectivity index (χ1v) is 6.11. The van der Waals surface area contributed by atoms with Crippen LogP contribution in [0, 0.1) is 5.82 Å². The van der Waals surface area contributed by atoms with Crippen molar-refractivity contribution in [2.24, 2.45) is 5.73 Å². The molecule has 17 heavy (non-hydrogen) atoms. The van der Waals surface area contributed by atoms with E-state index in [0.717, 1.165) is 5.56 Å². The smallest absolute Gasteiger partial charge is 0.305 e. The standard InChI is InChI=1S/C12H15BrFNO2/c1-17-12(16)4-2-3-11(15)8-5-6-10(14)9(13)7-8/h5-7,11H,2-4,15H2,1H3. The van der Waals surface area contributed by atoms with E-state index < -0.39 is 0 Å². The van der Waals surface area contributed by atoms with Crippen LogP contribution in [0.15, 0.2) is 22.7 Å². The number of ether oxygens (including phenoxy) is 1. The molecular weight excluding hydrogens is 289 g/mol. The van der Waals surface area contributed by atoms with E-state index in [2.05, 4.69) is 20.7 Å². The van der Waals surface area contributed by atoms with Crippen LogP contribution in [-0.4, -0.2) is 13.1 Å². The molecule has 2 N–H and O–H groups in total. The Morgan fingerprint density at radius 1 is 1.59 bits per heavy atom. The number of carbonyl (C=O) groups excluding carboxylic acids is 1. The second kappa shape index (κ2) is 6.71. The van der Waals surface area contributed by atoms with Gasteiger partial charge in [-0.3, -0.25) is 4.79 Å². The average Bonchev–Trinajstić information content (AvgIpc) is 2.32. The van der Waals surface area contributed by atoms with Crippen molar-refractivity contribution < 1.29 is 13.9 Å². The van der Waals surface area contributed by atoms with E-state index >= 15 is 0 Å². The molecule has 1 aromatic rings. The number of halogens is 2. The van der Waals surface area contributed by atoms with Crippen molar-refractivity contribution in [1.29, 1.82) is 0 Å². The third-order valence-corrected chi connectivity index (χ3v) is 3.10. The first-order chi connectivity index (χ1) is 8.04. The number of methoxy groups -OCH3 is 1. The third-order valence-electron chi connectivity index (χ3n) is 2.50. The highest BCUT2D eigenvalue weighted by molar-refractivity contribution is 9.10. The lowest BCUT2D eigenvalue weighted by Gasteiger charge is -2.12. The van der Waals surface area contributed by atoms with Crippen molar-refractivity contribution in [2.75, 3.05) is 7.11 Å². The van der Waals surface area contributed by atoms with Gasteiger partial charge in [-0.15, -0.1) is 0 Å². The van der Waals surface area contributed by atoms with Gasteiger partial charge in [0.15, 0.2) is 0 Å². The maximum absolute atomic E-state index is 13.0. The summed E-state index contributed by atoms with van der Waals surface area (Å²) in [6, 6.07) is 4.50. The van der Waals surface area contributed by atoms with E-state index in [1.165, 1.54) is 13.2 Å². The fourth-order valence-electron chi connectivity index (χ4n) is 1.48. The zero-order valence-electron chi connectivity index (χ0n) is 9.58. The zero-order valence-corrected chi connectivity index (χ0v) is 11.2. The molecule has 1 atom stereocenters. The number of hydrogen-bond acceptors (Lipinski definition) is 3. The fraction of sp³-hybridized carbons (Fsp3) is 0.417. The molecule has 0 aromatic heterocycles. The summed E-state index contributed by atoms with van der Waals surface area (Å²) >= 11 is 3.11. The Bertz CT molecular complexity index is 398. The van der Waals surface area contributed by atoms with Crippen LogP contribution in [0.2, 0.25) is 0 Å². The van der Waals surface area contributed by atoms with Gasteiger partial charge in [-0.25, -0.2) is 4.39 Å². The van der Waals surface area contributed by atoms with Gasteiger partial charge in [0.25, 0.3) is 0 Å². The SMILES string of the molecule is COC(=O)CCCC(N)c1ccc(F)c(Br)c1. The molecule has 0 amide bonds. The van der Waals surface area contributed by atoms with Gasteiger partial charge in [-0.1, -0.05) is 6.07 Å². The van der Waals surface area contributed by atoms with Gasteiger partial charge in [0.2, 0.25) is 0 Å². The van der Waals surface area contributed by atoms with E-state index in [-0.39, 0.29) is 17.8 Å². The van der Waals surface area contributed by atoms with Crippen LogP contribution >= 0.6 is 15.9 Å². The molecule has 0 saturated carbocycles. The lowest BCUT2D eigenvalue weighted by molar-refractivity contribution is -0.140. The fourth-order valence-corrected chi connectivity index (χ4v) is 1.87. The van der Waals surface area contributed by atoms with E-state index in [1.54, 1.807) is 12.1 Å².